The van der Waals surface area contributed by atoms with Gasteiger partial charge in [0.25, 0.3) is 0 Å². The van der Waals surface area contributed by atoms with E-state index >= 15 is 0 Å². The molecule has 78 valence electrons. The molecule has 1 aromatic rings. The zero-order valence-corrected chi connectivity index (χ0v) is 9.81. The van der Waals surface area contributed by atoms with Gasteiger partial charge in [0.1, 0.15) is 0 Å². The summed E-state index contributed by atoms with van der Waals surface area (Å²) in [6, 6.07) is 2.13. The number of thioether (sulfide) groups is 1. The lowest BCUT2D eigenvalue weighted by Crippen LogP contribution is -2.23. The normalized spacial score (nSPS) is 12.8. The van der Waals surface area contributed by atoms with Crippen molar-refractivity contribution in [1.29, 1.82) is 0 Å². The van der Waals surface area contributed by atoms with Gasteiger partial charge in [0.2, 0.25) is 0 Å². The second kappa shape index (κ2) is 6.27. The van der Waals surface area contributed by atoms with Gasteiger partial charge < -0.3 is 5.73 Å². The highest BCUT2D eigenvalue weighted by atomic mass is 35.5. The minimum Gasteiger partial charge on any atom is -0.327 e. The summed E-state index contributed by atoms with van der Waals surface area (Å²) in [5, 5.41) is 0.715. The van der Waals surface area contributed by atoms with Crippen LogP contribution in [0.3, 0.4) is 0 Å². The number of nitrogens with zero attached hydrogens (tertiary/aromatic N) is 1. The van der Waals surface area contributed by atoms with Crippen molar-refractivity contribution < 1.29 is 0 Å². The molecule has 0 aliphatic rings. The van der Waals surface area contributed by atoms with E-state index in [0.29, 0.717) is 5.02 Å². The fourth-order valence-corrected chi connectivity index (χ4v) is 1.96. The van der Waals surface area contributed by atoms with Crippen LogP contribution >= 0.6 is 23.4 Å². The number of halogens is 1. The van der Waals surface area contributed by atoms with Crippen LogP contribution in [0.4, 0.5) is 0 Å². The Morgan fingerprint density at radius 1 is 1.64 bits per heavy atom. The molecule has 0 radical (unpaired) electrons. The Morgan fingerprint density at radius 3 is 3.07 bits per heavy atom. The number of aromatic nitrogens is 1. The Hall–Kier alpha value is -0.250. The van der Waals surface area contributed by atoms with Crippen LogP contribution in [0.1, 0.15) is 12.0 Å². The molecule has 1 unspecified atom stereocenters. The predicted molar refractivity (Wildman–Crippen MR) is 63.9 cm³/mol. The molecular weight excluding hydrogens is 216 g/mol. The van der Waals surface area contributed by atoms with Crippen molar-refractivity contribution in [1.82, 2.24) is 4.98 Å². The summed E-state index contributed by atoms with van der Waals surface area (Å²) in [6.07, 6.45) is 7.37. The van der Waals surface area contributed by atoms with Crippen LogP contribution in [0.25, 0.3) is 0 Å². The molecule has 1 atom stereocenters. The van der Waals surface area contributed by atoms with E-state index in [1.54, 1.807) is 12.4 Å². The van der Waals surface area contributed by atoms with E-state index < -0.39 is 0 Å². The number of hydrogen-bond acceptors (Lipinski definition) is 3. The lowest BCUT2D eigenvalue weighted by Gasteiger charge is -2.11. The fraction of sp³-hybridized carbons (Fsp3) is 0.500. The monoisotopic (exact) mass is 230 g/mol. The van der Waals surface area contributed by atoms with Crippen molar-refractivity contribution in [3.8, 4) is 0 Å². The molecule has 1 heterocycles. The van der Waals surface area contributed by atoms with Crippen LogP contribution in [0, 0.1) is 0 Å². The van der Waals surface area contributed by atoms with Gasteiger partial charge in [0.05, 0.1) is 5.02 Å². The first kappa shape index (κ1) is 11.8. The van der Waals surface area contributed by atoms with Crippen molar-refractivity contribution >= 4 is 23.4 Å². The van der Waals surface area contributed by atoms with E-state index in [1.165, 1.54) is 0 Å². The predicted octanol–water partition coefficient (Wildman–Crippen LogP) is 2.36. The van der Waals surface area contributed by atoms with Gasteiger partial charge in [0.15, 0.2) is 0 Å². The van der Waals surface area contributed by atoms with Crippen LogP contribution in [-0.2, 0) is 6.42 Å². The summed E-state index contributed by atoms with van der Waals surface area (Å²) in [5.74, 6) is 1.10. The van der Waals surface area contributed by atoms with E-state index in [4.69, 9.17) is 17.3 Å². The van der Waals surface area contributed by atoms with Gasteiger partial charge in [-0.3, -0.25) is 4.98 Å². The summed E-state index contributed by atoms with van der Waals surface area (Å²) in [6.45, 7) is 0. The van der Waals surface area contributed by atoms with Crippen LogP contribution in [0.2, 0.25) is 5.02 Å². The maximum Gasteiger partial charge on any atom is 0.0621 e. The zero-order chi connectivity index (χ0) is 10.4. The Balaban J connectivity index is 2.47. The zero-order valence-electron chi connectivity index (χ0n) is 8.24. The maximum absolute atomic E-state index is 5.98. The van der Waals surface area contributed by atoms with E-state index in [9.17, 15) is 0 Å². The number of rotatable bonds is 5. The fourth-order valence-electron chi connectivity index (χ4n) is 1.22. The third kappa shape index (κ3) is 3.86. The molecule has 14 heavy (non-hydrogen) atoms. The van der Waals surface area contributed by atoms with Gasteiger partial charge in [-0.05, 0) is 36.5 Å². The lowest BCUT2D eigenvalue weighted by atomic mass is 10.1. The molecule has 0 aliphatic carbocycles. The van der Waals surface area contributed by atoms with E-state index in [0.717, 1.165) is 24.2 Å². The van der Waals surface area contributed by atoms with Crippen molar-refractivity contribution in [3.05, 3.63) is 29.0 Å². The van der Waals surface area contributed by atoms with Crippen molar-refractivity contribution in [2.24, 2.45) is 5.73 Å². The van der Waals surface area contributed by atoms with Crippen LogP contribution in [-0.4, -0.2) is 23.0 Å². The molecule has 4 heteroatoms. The van der Waals surface area contributed by atoms with Gasteiger partial charge in [-0.25, -0.2) is 0 Å². The molecular formula is C10H15ClN2S. The third-order valence-electron chi connectivity index (χ3n) is 2.03. The van der Waals surface area contributed by atoms with Gasteiger partial charge in [-0.1, -0.05) is 11.6 Å². The summed E-state index contributed by atoms with van der Waals surface area (Å²) in [4.78, 5) is 3.94. The minimum atomic E-state index is 0.197. The average molecular weight is 231 g/mol. The van der Waals surface area contributed by atoms with Crippen LogP contribution in [0.15, 0.2) is 18.5 Å². The quantitative estimate of drug-likeness (QED) is 0.844. The summed E-state index contributed by atoms with van der Waals surface area (Å²) in [5.41, 5.74) is 7.06. The minimum absolute atomic E-state index is 0.197. The molecule has 0 fully saturated rings. The second-order valence-corrected chi connectivity index (χ2v) is 4.61. The largest absolute Gasteiger partial charge is 0.327 e. The summed E-state index contributed by atoms with van der Waals surface area (Å²) >= 11 is 7.80. The molecule has 2 N–H and O–H groups in total. The van der Waals surface area contributed by atoms with Gasteiger partial charge in [-0.2, -0.15) is 11.8 Å². The van der Waals surface area contributed by atoms with E-state index in [2.05, 4.69) is 11.2 Å². The van der Waals surface area contributed by atoms with Crippen molar-refractivity contribution in [3.63, 3.8) is 0 Å². The van der Waals surface area contributed by atoms with Gasteiger partial charge >= 0.3 is 0 Å². The van der Waals surface area contributed by atoms with Gasteiger partial charge in [0, 0.05) is 18.4 Å². The van der Waals surface area contributed by atoms with E-state index in [-0.39, 0.29) is 6.04 Å². The lowest BCUT2D eigenvalue weighted by molar-refractivity contribution is 0.651. The third-order valence-corrected chi connectivity index (χ3v) is 3.02. The highest BCUT2D eigenvalue weighted by Crippen LogP contribution is 2.15. The first-order valence-electron chi connectivity index (χ1n) is 4.57. The molecule has 0 amide bonds. The Labute approximate surface area is 94.2 Å². The van der Waals surface area contributed by atoms with Crippen LogP contribution < -0.4 is 5.73 Å². The molecule has 0 saturated heterocycles. The summed E-state index contributed by atoms with van der Waals surface area (Å²) in [7, 11) is 0. The number of pyridine rings is 1. The first-order chi connectivity index (χ1) is 6.74. The SMILES string of the molecule is CSCCC(N)Cc1ccncc1Cl. The molecule has 0 bridgehead atoms. The Bertz CT molecular complexity index is 281. The van der Waals surface area contributed by atoms with Gasteiger partial charge in [-0.15, -0.1) is 0 Å². The van der Waals surface area contributed by atoms with Crippen LogP contribution in [0.5, 0.6) is 0 Å². The molecule has 2 nitrogen and oxygen atoms in total. The van der Waals surface area contributed by atoms with E-state index in [1.807, 2.05) is 17.8 Å². The number of hydrogen-bond donors (Lipinski definition) is 1. The Kier molecular flexibility index (Phi) is 5.30. The molecule has 0 spiro atoms. The Morgan fingerprint density at radius 2 is 2.43 bits per heavy atom. The second-order valence-electron chi connectivity index (χ2n) is 3.21. The molecule has 1 rings (SSSR count). The number of nitrogens with two attached hydrogens (primary N) is 1. The smallest absolute Gasteiger partial charge is 0.0621 e. The molecule has 0 aromatic carbocycles. The molecule has 1 aromatic heterocycles. The topological polar surface area (TPSA) is 38.9 Å². The molecule has 0 saturated carbocycles. The van der Waals surface area contributed by atoms with Crippen molar-refractivity contribution in [2.45, 2.75) is 18.9 Å². The maximum atomic E-state index is 5.98. The molecule has 0 aliphatic heterocycles. The standard InChI is InChI=1S/C10H15ClN2S/c1-14-5-3-9(12)6-8-2-4-13-7-10(8)11/h2,4,7,9H,3,5-6,12H2,1H3. The summed E-state index contributed by atoms with van der Waals surface area (Å²) < 4.78 is 0. The highest BCUT2D eigenvalue weighted by Gasteiger charge is 2.06. The highest BCUT2D eigenvalue weighted by molar-refractivity contribution is 7.98. The van der Waals surface area contributed by atoms with Crippen molar-refractivity contribution in [2.75, 3.05) is 12.0 Å². The first-order valence-corrected chi connectivity index (χ1v) is 6.34. The average Bonchev–Trinajstić information content (AvgIpc) is 2.18.